The molecule has 148 valence electrons. The van der Waals surface area contributed by atoms with Crippen LogP contribution in [0.2, 0.25) is 10.0 Å². The number of nitrogens with one attached hydrogen (secondary N) is 1. The molecule has 1 N–H and O–H groups in total. The molecule has 1 fully saturated rings. The van der Waals surface area contributed by atoms with Gasteiger partial charge in [-0.15, -0.1) is 0 Å². The Hall–Kier alpha value is -1.35. The highest BCUT2D eigenvalue weighted by Gasteiger charge is 2.29. The monoisotopic (exact) mass is 415 g/mol. The summed E-state index contributed by atoms with van der Waals surface area (Å²) in [6.45, 7) is 0. The van der Waals surface area contributed by atoms with Crippen LogP contribution in [0.5, 0.6) is 0 Å². The van der Waals surface area contributed by atoms with Gasteiger partial charge < -0.3 is 5.32 Å². The Kier molecular flexibility index (Phi) is 6.10. The summed E-state index contributed by atoms with van der Waals surface area (Å²) in [5, 5.41) is 4.66. The van der Waals surface area contributed by atoms with E-state index in [1.165, 1.54) is 29.5 Å². The Balaban J connectivity index is 1.63. The van der Waals surface area contributed by atoms with Crippen molar-refractivity contribution < 1.29 is 4.79 Å². The van der Waals surface area contributed by atoms with Crippen LogP contribution in [0.3, 0.4) is 0 Å². The molecule has 2 aliphatic carbocycles. The number of Topliss-reactive ketones (excluding diaryl/α,β-unsaturated/α-hetero) is 1. The van der Waals surface area contributed by atoms with Crippen LogP contribution in [0, 0.1) is 5.92 Å². The van der Waals surface area contributed by atoms with Crippen molar-refractivity contribution in [3.8, 4) is 0 Å². The quantitative estimate of drug-likeness (QED) is 0.604. The topological polar surface area (TPSA) is 29.1 Å². The van der Waals surface area contributed by atoms with E-state index in [4.69, 9.17) is 23.2 Å². The van der Waals surface area contributed by atoms with Crippen LogP contribution >= 0.6 is 23.2 Å². The van der Waals surface area contributed by atoms with Crippen molar-refractivity contribution in [3.05, 3.63) is 68.7 Å². The normalized spacial score (nSPS) is 22.2. The number of carbonyl (C=O) groups is 1. The van der Waals surface area contributed by atoms with Crippen molar-refractivity contribution >= 4 is 29.0 Å². The molecule has 2 aromatic rings. The van der Waals surface area contributed by atoms with Crippen LogP contribution in [0.15, 0.2) is 36.4 Å². The molecule has 4 rings (SSSR count). The highest BCUT2D eigenvalue weighted by Crippen LogP contribution is 2.42. The Labute approximate surface area is 177 Å². The molecule has 0 amide bonds. The van der Waals surface area contributed by atoms with Gasteiger partial charge in [-0.25, -0.2) is 0 Å². The van der Waals surface area contributed by atoms with Gasteiger partial charge in [-0.05, 0) is 67.1 Å². The molecule has 0 radical (unpaired) electrons. The van der Waals surface area contributed by atoms with Gasteiger partial charge in [0.25, 0.3) is 0 Å². The maximum absolute atomic E-state index is 12.6. The fourth-order valence-electron chi connectivity index (χ4n) is 4.97. The molecule has 0 aromatic heterocycles. The molecule has 28 heavy (non-hydrogen) atoms. The Morgan fingerprint density at radius 2 is 1.75 bits per heavy atom. The maximum atomic E-state index is 12.6. The van der Waals surface area contributed by atoms with E-state index in [1.54, 1.807) is 0 Å². The molecule has 0 unspecified atom stereocenters. The van der Waals surface area contributed by atoms with Gasteiger partial charge in [0.15, 0.2) is 0 Å². The van der Waals surface area contributed by atoms with E-state index >= 15 is 0 Å². The fourth-order valence-corrected chi connectivity index (χ4v) is 5.27. The van der Waals surface area contributed by atoms with Crippen LogP contribution in [0.4, 0.5) is 0 Å². The molecule has 4 heteroatoms. The second-order valence-electron chi connectivity index (χ2n) is 8.23. The second kappa shape index (κ2) is 8.57. The zero-order chi connectivity index (χ0) is 19.7. The summed E-state index contributed by atoms with van der Waals surface area (Å²) in [6.07, 6.45) is 7.24. The van der Waals surface area contributed by atoms with E-state index in [2.05, 4.69) is 29.6 Å². The molecule has 1 saturated carbocycles. The van der Waals surface area contributed by atoms with E-state index in [0.717, 1.165) is 31.2 Å². The zero-order valence-electron chi connectivity index (χ0n) is 16.3. The Bertz CT molecular complexity index is 873. The summed E-state index contributed by atoms with van der Waals surface area (Å²) in [5.41, 5.74) is 5.01. The number of hydrogen-bond donors (Lipinski definition) is 1. The lowest BCUT2D eigenvalue weighted by atomic mass is 9.76. The first-order chi connectivity index (χ1) is 13.6. The minimum Gasteiger partial charge on any atom is -0.313 e. The summed E-state index contributed by atoms with van der Waals surface area (Å²) >= 11 is 12.4. The number of carbonyl (C=O) groups excluding carboxylic acids is 1. The van der Waals surface area contributed by atoms with Gasteiger partial charge in [0.2, 0.25) is 0 Å². The van der Waals surface area contributed by atoms with Gasteiger partial charge in [0.1, 0.15) is 5.78 Å². The van der Waals surface area contributed by atoms with E-state index < -0.39 is 0 Å². The number of ketones is 1. The number of rotatable bonds is 5. The van der Waals surface area contributed by atoms with Crippen LogP contribution < -0.4 is 5.32 Å². The molecule has 0 aliphatic heterocycles. The van der Waals surface area contributed by atoms with Crippen molar-refractivity contribution in [2.24, 2.45) is 5.92 Å². The molecule has 2 aliphatic rings. The molecule has 0 heterocycles. The van der Waals surface area contributed by atoms with E-state index in [1.807, 2.05) is 19.2 Å². The summed E-state index contributed by atoms with van der Waals surface area (Å²) < 4.78 is 0. The Morgan fingerprint density at radius 1 is 0.964 bits per heavy atom. The predicted molar refractivity (Wildman–Crippen MR) is 116 cm³/mol. The number of benzene rings is 2. The van der Waals surface area contributed by atoms with E-state index in [0.29, 0.717) is 34.2 Å². The lowest BCUT2D eigenvalue weighted by Crippen LogP contribution is -2.25. The summed E-state index contributed by atoms with van der Waals surface area (Å²) in [7, 11) is 2.02. The molecule has 0 spiro atoms. The molecular formula is C24H27Cl2NO. The van der Waals surface area contributed by atoms with Crippen molar-refractivity contribution in [2.45, 2.75) is 56.9 Å². The fraction of sp³-hybridized carbons (Fsp3) is 0.458. The summed E-state index contributed by atoms with van der Waals surface area (Å²) in [4.78, 5) is 12.6. The van der Waals surface area contributed by atoms with Gasteiger partial charge in [0.05, 0.1) is 10.0 Å². The van der Waals surface area contributed by atoms with Crippen molar-refractivity contribution in [1.82, 2.24) is 5.32 Å². The standard InChI is InChI=1S/C24H27Cl2NO/c1-27-23-11-9-18(17-7-10-21(25)22(26)14-17)19-8-6-15(12-20(19)23)13-24(28)16-4-2-3-5-16/h6-8,10,12,14,16,18,23,27H,2-5,9,11,13H2,1H3/t18-,23-/m0/s1. The SMILES string of the molecule is CN[C@H]1CC[C@@H](c2ccc(Cl)c(Cl)c2)c2ccc(CC(=O)C3CCCC3)cc21. The average Bonchev–Trinajstić information content (AvgIpc) is 3.24. The Morgan fingerprint density at radius 3 is 2.46 bits per heavy atom. The van der Waals surface area contributed by atoms with Crippen LogP contribution in [-0.2, 0) is 11.2 Å². The van der Waals surface area contributed by atoms with Crippen molar-refractivity contribution in [3.63, 3.8) is 0 Å². The predicted octanol–water partition coefficient (Wildman–Crippen LogP) is 6.48. The third-order valence-electron chi connectivity index (χ3n) is 6.53. The van der Waals surface area contributed by atoms with Crippen molar-refractivity contribution in [1.29, 1.82) is 0 Å². The largest absolute Gasteiger partial charge is 0.313 e. The van der Waals surface area contributed by atoms with Gasteiger partial charge in [-0.2, -0.15) is 0 Å². The summed E-state index contributed by atoms with van der Waals surface area (Å²) in [5.74, 6) is 1.00. The van der Waals surface area contributed by atoms with Gasteiger partial charge in [0, 0.05) is 24.3 Å². The van der Waals surface area contributed by atoms with E-state index in [-0.39, 0.29) is 5.92 Å². The van der Waals surface area contributed by atoms with Gasteiger partial charge >= 0.3 is 0 Å². The summed E-state index contributed by atoms with van der Waals surface area (Å²) in [6, 6.07) is 12.9. The smallest absolute Gasteiger partial charge is 0.140 e. The highest BCUT2D eigenvalue weighted by molar-refractivity contribution is 6.42. The first-order valence-electron chi connectivity index (χ1n) is 10.3. The zero-order valence-corrected chi connectivity index (χ0v) is 17.8. The molecular weight excluding hydrogens is 389 g/mol. The number of fused-ring (bicyclic) bond motifs is 1. The molecule has 2 aromatic carbocycles. The number of halogens is 2. The minimum atomic E-state index is 0.278. The molecule has 0 bridgehead atoms. The second-order valence-corrected chi connectivity index (χ2v) is 9.05. The molecule has 2 atom stereocenters. The number of hydrogen-bond acceptors (Lipinski definition) is 2. The maximum Gasteiger partial charge on any atom is 0.140 e. The van der Waals surface area contributed by atoms with Crippen molar-refractivity contribution in [2.75, 3.05) is 7.05 Å². The lowest BCUT2D eigenvalue weighted by molar-refractivity contribution is -0.122. The molecule has 2 nitrogen and oxygen atoms in total. The van der Waals surface area contributed by atoms with Gasteiger partial charge in [-0.3, -0.25) is 4.79 Å². The van der Waals surface area contributed by atoms with E-state index in [9.17, 15) is 4.79 Å². The van der Waals surface area contributed by atoms with Crippen LogP contribution in [-0.4, -0.2) is 12.8 Å². The third kappa shape index (κ3) is 4.01. The van der Waals surface area contributed by atoms with Gasteiger partial charge in [-0.1, -0.05) is 60.3 Å². The minimum absolute atomic E-state index is 0.278. The van der Waals surface area contributed by atoms with Crippen LogP contribution in [0.1, 0.15) is 72.7 Å². The van der Waals surface area contributed by atoms with Crippen LogP contribution in [0.25, 0.3) is 0 Å². The first kappa shape index (κ1) is 19.9. The lowest BCUT2D eigenvalue weighted by Gasteiger charge is -2.32. The third-order valence-corrected chi connectivity index (χ3v) is 7.27. The molecule has 0 saturated heterocycles. The average molecular weight is 416 g/mol. The highest BCUT2D eigenvalue weighted by atomic mass is 35.5. The first-order valence-corrected chi connectivity index (χ1v) is 11.1.